The Hall–Kier alpha value is -3.00. The molecule has 5 heteroatoms. The summed E-state index contributed by atoms with van der Waals surface area (Å²) in [5.41, 5.74) is 14.2. The van der Waals surface area contributed by atoms with Gasteiger partial charge in [-0.3, -0.25) is 4.79 Å². The van der Waals surface area contributed by atoms with E-state index >= 15 is 0 Å². The minimum Gasteiger partial charge on any atom is -0.397 e. The Bertz CT molecular complexity index is 703. The summed E-state index contributed by atoms with van der Waals surface area (Å²) in [4.78, 5) is 13.1. The number of amides is 1. The van der Waals surface area contributed by atoms with Gasteiger partial charge in [-0.15, -0.1) is 0 Å². The third-order valence-corrected chi connectivity index (χ3v) is 3.04. The lowest BCUT2D eigenvalue weighted by Gasteiger charge is -2.22. The van der Waals surface area contributed by atoms with Crippen molar-refractivity contribution in [2.75, 3.05) is 17.7 Å². The zero-order valence-electron chi connectivity index (χ0n) is 11.0. The predicted molar refractivity (Wildman–Crippen MR) is 78.6 cm³/mol. The Balaban J connectivity index is 2.47. The van der Waals surface area contributed by atoms with E-state index in [0.29, 0.717) is 22.5 Å². The Morgan fingerprint density at radius 3 is 2.65 bits per heavy atom. The van der Waals surface area contributed by atoms with Crippen LogP contribution in [0.5, 0.6) is 0 Å². The Morgan fingerprint density at radius 1 is 1.25 bits per heavy atom. The molecular formula is C15H14N4O. The molecule has 0 saturated heterocycles. The van der Waals surface area contributed by atoms with Gasteiger partial charge in [0.25, 0.3) is 0 Å². The molecule has 1 amide bonds. The van der Waals surface area contributed by atoms with Gasteiger partial charge in [-0.2, -0.15) is 5.26 Å². The van der Waals surface area contributed by atoms with Gasteiger partial charge in [0.1, 0.15) is 0 Å². The van der Waals surface area contributed by atoms with Gasteiger partial charge in [-0.1, -0.05) is 6.07 Å². The molecule has 4 N–H and O–H groups in total. The number of nitriles is 1. The van der Waals surface area contributed by atoms with Crippen molar-refractivity contribution in [1.29, 1.82) is 5.26 Å². The minimum absolute atomic E-state index is 0.387. The van der Waals surface area contributed by atoms with E-state index in [2.05, 4.69) is 6.07 Å². The van der Waals surface area contributed by atoms with Gasteiger partial charge in [0.15, 0.2) is 0 Å². The number of nitrogens with two attached hydrogens (primary N) is 2. The third-order valence-electron chi connectivity index (χ3n) is 3.04. The number of anilines is 3. The summed E-state index contributed by atoms with van der Waals surface area (Å²) < 4.78 is 0. The average molecular weight is 266 g/mol. The van der Waals surface area contributed by atoms with E-state index < -0.39 is 5.91 Å². The maximum Gasteiger partial charge on any atom is 0.248 e. The van der Waals surface area contributed by atoms with E-state index in [1.54, 1.807) is 36.4 Å². The summed E-state index contributed by atoms with van der Waals surface area (Å²) in [5, 5.41) is 8.93. The summed E-state index contributed by atoms with van der Waals surface area (Å²) in [5.74, 6) is -0.509. The summed E-state index contributed by atoms with van der Waals surface area (Å²) in [6, 6.07) is 14.1. The first-order valence-electron chi connectivity index (χ1n) is 5.96. The van der Waals surface area contributed by atoms with E-state index in [-0.39, 0.29) is 0 Å². The predicted octanol–water partition coefficient (Wildman–Crippen LogP) is 2.01. The standard InChI is InChI=1S/C15H14N4O/c1-19(12-4-2-3-10(7-12)9-16)14-8-11(15(18)20)5-6-13(14)17/h2-8H,17H2,1H3,(H2,18,20). The van der Waals surface area contributed by atoms with Crippen LogP contribution in [0.2, 0.25) is 0 Å². The minimum atomic E-state index is -0.509. The van der Waals surface area contributed by atoms with Crippen molar-refractivity contribution in [3.8, 4) is 6.07 Å². The Morgan fingerprint density at radius 2 is 2.00 bits per heavy atom. The van der Waals surface area contributed by atoms with Crippen LogP contribution in [0.1, 0.15) is 15.9 Å². The first-order chi connectivity index (χ1) is 9.52. The van der Waals surface area contributed by atoms with E-state index in [1.165, 1.54) is 0 Å². The van der Waals surface area contributed by atoms with Crippen LogP contribution < -0.4 is 16.4 Å². The lowest BCUT2D eigenvalue weighted by Crippen LogP contribution is -2.15. The molecule has 0 aliphatic heterocycles. The molecule has 0 unspecified atom stereocenters. The van der Waals surface area contributed by atoms with Gasteiger partial charge in [0, 0.05) is 18.3 Å². The van der Waals surface area contributed by atoms with Crippen LogP contribution in [0.25, 0.3) is 0 Å². The molecule has 0 fully saturated rings. The number of primary amides is 1. The molecule has 100 valence electrons. The van der Waals surface area contributed by atoms with E-state index in [0.717, 1.165) is 5.69 Å². The fourth-order valence-electron chi connectivity index (χ4n) is 1.91. The maximum atomic E-state index is 11.2. The Labute approximate surface area is 117 Å². The zero-order valence-corrected chi connectivity index (χ0v) is 11.0. The molecule has 0 aliphatic carbocycles. The van der Waals surface area contributed by atoms with Gasteiger partial charge >= 0.3 is 0 Å². The summed E-state index contributed by atoms with van der Waals surface area (Å²) in [6.07, 6.45) is 0. The van der Waals surface area contributed by atoms with Gasteiger partial charge in [-0.05, 0) is 36.4 Å². The van der Waals surface area contributed by atoms with Crippen molar-refractivity contribution in [3.05, 3.63) is 53.6 Å². The molecule has 0 saturated carbocycles. The molecule has 0 aliphatic rings. The summed E-state index contributed by atoms with van der Waals surface area (Å²) >= 11 is 0. The van der Waals surface area contributed by atoms with Gasteiger partial charge < -0.3 is 16.4 Å². The number of rotatable bonds is 3. The van der Waals surface area contributed by atoms with Gasteiger partial charge in [0.05, 0.1) is 23.0 Å². The number of carbonyl (C=O) groups excluding carboxylic acids is 1. The molecule has 0 spiro atoms. The first-order valence-corrected chi connectivity index (χ1v) is 5.96. The number of nitrogen functional groups attached to an aromatic ring is 1. The number of carbonyl (C=O) groups is 1. The molecule has 5 nitrogen and oxygen atoms in total. The molecule has 0 atom stereocenters. The molecule has 2 aromatic carbocycles. The Kier molecular flexibility index (Phi) is 3.58. The molecule has 2 rings (SSSR count). The second-order valence-electron chi connectivity index (χ2n) is 4.36. The van der Waals surface area contributed by atoms with E-state index in [9.17, 15) is 4.79 Å². The smallest absolute Gasteiger partial charge is 0.248 e. The quantitative estimate of drug-likeness (QED) is 0.830. The van der Waals surface area contributed by atoms with Crippen LogP contribution in [-0.2, 0) is 0 Å². The highest BCUT2D eigenvalue weighted by molar-refractivity contribution is 5.95. The highest BCUT2D eigenvalue weighted by Gasteiger charge is 2.11. The molecule has 2 aromatic rings. The monoisotopic (exact) mass is 266 g/mol. The summed E-state index contributed by atoms with van der Waals surface area (Å²) in [7, 11) is 1.81. The highest BCUT2D eigenvalue weighted by Crippen LogP contribution is 2.30. The number of hydrogen-bond donors (Lipinski definition) is 2. The fourth-order valence-corrected chi connectivity index (χ4v) is 1.91. The second-order valence-corrected chi connectivity index (χ2v) is 4.36. The SMILES string of the molecule is CN(c1cccc(C#N)c1)c1cc(C(N)=O)ccc1N. The van der Waals surface area contributed by atoms with Crippen molar-refractivity contribution in [2.45, 2.75) is 0 Å². The largest absolute Gasteiger partial charge is 0.397 e. The van der Waals surface area contributed by atoms with Crippen LogP contribution in [0.3, 0.4) is 0 Å². The maximum absolute atomic E-state index is 11.2. The normalized spacial score (nSPS) is 9.80. The van der Waals surface area contributed by atoms with Crippen molar-refractivity contribution in [2.24, 2.45) is 5.73 Å². The van der Waals surface area contributed by atoms with Crippen LogP contribution in [0, 0.1) is 11.3 Å². The first kappa shape index (κ1) is 13.4. The summed E-state index contributed by atoms with van der Waals surface area (Å²) in [6.45, 7) is 0. The van der Waals surface area contributed by atoms with Crippen molar-refractivity contribution < 1.29 is 4.79 Å². The lowest BCUT2D eigenvalue weighted by atomic mass is 10.1. The molecule has 0 heterocycles. The number of hydrogen-bond acceptors (Lipinski definition) is 4. The second kappa shape index (κ2) is 5.33. The van der Waals surface area contributed by atoms with Crippen molar-refractivity contribution in [1.82, 2.24) is 0 Å². The topological polar surface area (TPSA) is 96.1 Å². The van der Waals surface area contributed by atoms with Crippen LogP contribution in [-0.4, -0.2) is 13.0 Å². The van der Waals surface area contributed by atoms with E-state index in [1.807, 2.05) is 18.0 Å². The van der Waals surface area contributed by atoms with Crippen LogP contribution in [0.15, 0.2) is 42.5 Å². The molecule has 0 bridgehead atoms. The highest BCUT2D eigenvalue weighted by atomic mass is 16.1. The molecule has 0 aromatic heterocycles. The lowest BCUT2D eigenvalue weighted by molar-refractivity contribution is 0.100. The zero-order chi connectivity index (χ0) is 14.7. The van der Waals surface area contributed by atoms with Crippen LogP contribution >= 0.6 is 0 Å². The van der Waals surface area contributed by atoms with E-state index in [4.69, 9.17) is 16.7 Å². The number of benzene rings is 2. The number of nitrogens with zero attached hydrogens (tertiary/aromatic N) is 2. The molecule has 20 heavy (non-hydrogen) atoms. The molecular weight excluding hydrogens is 252 g/mol. The van der Waals surface area contributed by atoms with Crippen molar-refractivity contribution in [3.63, 3.8) is 0 Å². The third kappa shape index (κ3) is 2.54. The average Bonchev–Trinajstić information content (AvgIpc) is 2.46. The fraction of sp³-hybridized carbons (Fsp3) is 0.0667. The molecule has 0 radical (unpaired) electrons. The van der Waals surface area contributed by atoms with Crippen molar-refractivity contribution >= 4 is 23.0 Å². The van der Waals surface area contributed by atoms with Crippen LogP contribution in [0.4, 0.5) is 17.1 Å². The van der Waals surface area contributed by atoms with Gasteiger partial charge in [-0.25, -0.2) is 0 Å². The van der Waals surface area contributed by atoms with Gasteiger partial charge in [0.2, 0.25) is 5.91 Å².